The lowest BCUT2D eigenvalue weighted by Gasteiger charge is -2.28. The average molecular weight is 297 g/mol. The molecule has 2 N–H and O–H groups in total. The van der Waals surface area contributed by atoms with Gasteiger partial charge in [0.15, 0.2) is 0 Å². The molecule has 1 fully saturated rings. The zero-order valence-corrected chi connectivity index (χ0v) is 12.5. The van der Waals surface area contributed by atoms with Crippen LogP contribution in [0.1, 0.15) is 33.6 Å². The smallest absolute Gasteiger partial charge is 0.326 e. The number of aryl methyl sites for hydroxylation is 1. The van der Waals surface area contributed by atoms with Crippen LogP contribution >= 0.6 is 11.3 Å². The van der Waals surface area contributed by atoms with Crippen LogP contribution in [0.4, 0.5) is 0 Å². The number of thiophene rings is 1. The van der Waals surface area contributed by atoms with E-state index >= 15 is 0 Å². The molecule has 1 aromatic rings. The maximum absolute atomic E-state index is 12.2. The van der Waals surface area contributed by atoms with Gasteiger partial charge in [0.25, 0.3) is 5.91 Å². The quantitative estimate of drug-likeness (QED) is 0.891. The summed E-state index contributed by atoms with van der Waals surface area (Å²) in [5.41, 5.74) is 1.48. The summed E-state index contributed by atoms with van der Waals surface area (Å²) in [5.74, 6) is -1.48. The van der Waals surface area contributed by atoms with E-state index in [1.54, 1.807) is 5.38 Å². The number of carbonyl (C=O) groups is 2. The number of rotatable bonds is 4. The van der Waals surface area contributed by atoms with E-state index in [1.807, 2.05) is 13.8 Å². The van der Waals surface area contributed by atoms with Crippen LogP contribution < -0.4 is 5.32 Å². The van der Waals surface area contributed by atoms with Crippen LogP contribution in [0.2, 0.25) is 0 Å². The van der Waals surface area contributed by atoms with Crippen LogP contribution in [0.5, 0.6) is 0 Å². The van der Waals surface area contributed by atoms with Crippen LogP contribution in [0.25, 0.3) is 0 Å². The van der Waals surface area contributed by atoms with Gasteiger partial charge in [0.05, 0.1) is 12.2 Å². The van der Waals surface area contributed by atoms with Gasteiger partial charge in [0, 0.05) is 22.8 Å². The molecule has 1 amide bonds. The van der Waals surface area contributed by atoms with Crippen molar-refractivity contribution in [3.8, 4) is 0 Å². The van der Waals surface area contributed by atoms with Crippen LogP contribution in [0.3, 0.4) is 0 Å². The van der Waals surface area contributed by atoms with Crippen molar-refractivity contribution in [2.24, 2.45) is 5.92 Å². The maximum atomic E-state index is 12.2. The fraction of sp³-hybridized carbons (Fsp3) is 0.571. The van der Waals surface area contributed by atoms with Gasteiger partial charge in [-0.25, -0.2) is 4.79 Å². The van der Waals surface area contributed by atoms with Crippen molar-refractivity contribution < 1.29 is 19.4 Å². The summed E-state index contributed by atoms with van der Waals surface area (Å²) in [6.07, 6.45) is 1.60. The monoisotopic (exact) mass is 297 g/mol. The summed E-state index contributed by atoms with van der Waals surface area (Å²) in [4.78, 5) is 24.7. The minimum Gasteiger partial charge on any atom is -0.480 e. The Hall–Kier alpha value is -1.40. The van der Waals surface area contributed by atoms with E-state index < -0.39 is 12.0 Å². The number of ether oxygens (including phenoxy) is 1. The molecule has 0 unspecified atom stereocenters. The molecule has 0 saturated carbocycles. The zero-order valence-electron chi connectivity index (χ0n) is 11.6. The minimum atomic E-state index is -1.00. The number of aliphatic carboxylic acids is 1. The van der Waals surface area contributed by atoms with Crippen LogP contribution in [0, 0.1) is 19.8 Å². The third-order valence-electron chi connectivity index (χ3n) is 3.75. The van der Waals surface area contributed by atoms with Crippen LogP contribution in [0.15, 0.2) is 5.38 Å². The minimum absolute atomic E-state index is 0.162. The fourth-order valence-corrected chi connectivity index (χ4v) is 3.23. The van der Waals surface area contributed by atoms with Crippen LogP contribution in [-0.2, 0) is 9.53 Å². The molecule has 20 heavy (non-hydrogen) atoms. The molecular weight excluding hydrogens is 278 g/mol. The second-order valence-corrected chi connectivity index (χ2v) is 6.18. The number of carboxylic acid groups (broad SMARTS) is 1. The van der Waals surface area contributed by atoms with E-state index in [4.69, 9.17) is 4.74 Å². The molecule has 5 nitrogen and oxygen atoms in total. The number of nitrogens with one attached hydrogen (secondary N) is 1. The summed E-state index contributed by atoms with van der Waals surface area (Å²) >= 11 is 1.50. The molecule has 1 aromatic heterocycles. The summed E-state index contributed by atoms with van der Waals surface area (Å²) in [6, 6.07) is -0.887. The highest BCUT2D eigenvalue weighted by Crippen LogP contribution is 2.22. The molecule has 0 bridgehead atoms. The standard InChI is InChI=1S/C14H19NO4S/c1-8-9(2)20-7-11(8)13(16)15-12(14(17)18)10-4-3-5-19-6-10/h7,10,12H,3-6H2,1-2H3,(H,15,16)(H,17,18)/t10-,12+/m1/s1. The van der Waals surface area contributed by atoms with Crippen molar-refractivity contribution in [1.29, 1.82) is 0 Å². The van der Waals surface area contributed by atoms with Gasteiger partial charge in [0.2, 0.25) is 0 Å². The molecule has 0 spiro atoms. The first-order chi connectivity index (χ1) is 9.50. The van der Waals surface area contributed by atoms with E-state index in [2.05, 4.69) is 5.32 Å². The average Bonchev–Trinajstić information content (AvgIpc) is 2.77. The number of carboxylic acids is 1. The Morgan fingerprint density at radius 3 is 2.75 bits per heavy atom. The summed E-state index contributed by atoms with van der Waals surface area (Å²) in [5, 5.41) is 13.7. The van der Waals surface area contributed by atoms with Crippen LogP contribution in [-0.4, -0.2) is 36.2 Å². The summed E-state index contributed by atoms with van der Waals surface area (Å²) in [6.45, 7) is 4.87. The van der Waals surface area contributed by atoms with Gasteiger partial charge >= 0.3 is 5.97 Å². The number of carbonyl (C=O) groups excluding carboxylic acids is 1. The fourth-order valence-electron chi connectivity index (χ4n) is 2.37. The first kappa shape index (κ1) is 15.0. The number of hydrogen-bond acceptors (Lipinski definition) is 4. The highest BCUT2D eigenvalue weighted by Gasteiger charge is 2.32. The van der Waals surface area contributed by atoms with Crippen molar-refractivity contribution in [2.75, 3.05) is 13.2 Å². The molecule has 0 aromatic carbocycles. The molecule has 0 aliphatic carbocycles. The first-order valence-corrected chi connectivity index (χ1v) is 7.54. The Labute approximate surface area is 121 Å². The summed E-state index contributed by atoms with van der Waals surface area (Å²) < 4.78 is 5.32. The maximum Gasteiger partial charge on any atom is 0.326 e. The predicted molar refractivity (Wildman–Crippen MR) is 76.2 cm³/mol. The Morgan fingerprint density at radius 2 is 2.25 bits per heavy atom. The Kier molecular flexibility index (Phi) is 4.77. The van der Waals surface area contributed by atoms with Gasteiger partial charge in [-0.15, -0.1) is 11.3 Å². The lowest BCUT2D eigenvalue weighted by molar-refractivity contribution is -0.142. The molecule has 2 rings (SSSR count). The van der Waals surface area contributed by atoms with E-state index in [0.29, 0.717) is 18.8 Å². The molecule has 2 atom stereocenters. The van der Waals surface area contributed by atoms with Crippen molar-refractivity contribution in [1.82, 2.24) is 5.32 Å². The Morgan fingerprint density at radius 1 is 1.50 bits per heavy atom. The molecule has 1 saturated heterocycles. The van der Waals surface area contributed by atoms with Gasteiger partial charge in [-0.05, 0) is 32.3 Å². The first-order valence-electron chi connectivity index (χ1n) is 6.66. The summed E-state index contributed by atoms with van der Waals surface area (Å²) in [7, 11) is 0. The molecule has 1 aliphatic heterocycles. The molecule has 6 heteroatoms. The molecule has 1 aliphatic rings. The third kappa shape index (κ3) is 3.19. The van der Waals surface area contributed by atoms with E-state index in [1.165, 1.54) is 11.3 Å². The van der Waals surface area contributed by atoms with Crippen molar-refractivity contribution >= 4 is 23.2 Å². The molecule has 2 heterocycles. The van der Waals surface area contributed by atoms with Gasteiger partial charge in [-0.2, -0.15) is 0 Å². The normalized spacial score (nSPS) is 20.4. The lowest BCUT2D eigenvalue weighted by Crippen LogP contribution is -2.48. The van der Waals surface area contributed by atoms with Crippen molar-refractivity contribution in [3.63, 3.8) is 0 Å². The Bertz CT molecular complexity index is 505. The van der Waals surface area contributed by atoms with Gasteiger partial charge in [-0.1, -0.05) is 0 Å². The van der Waals surface area contributed by atoms with E-state index in [9.17, 15) is 14.7 Å². The molecule has 0 radical (unpaired) electrons. The van der Waals surface area contributed by atoms with E-state index in [0.717, 1.165) is 23.3 Å². The predicted octanol–water partition coefficient (Wildman–Crippen LogP) is 1.97. The van der Waals surface area contributed by atoms with Gasteiger partial charge in [-0.3, -0.25) is 4.79 Å². The lowest BCUT2D eigenvalue weighted by atomic mass is 9.93. The van der Waals surface area contributed by atoms with Gasteiger partial charge < -0.3 is 15.2 Å². The number of amides is 1. The number of hydrogen-bond donors (Lipinski definition) is 2. The van der Waals surface area contributed by atoms with Gasteiger partial charge in [0.1, 0.15) is 6.04 Å². The van der Waals surface area contributed by atoms with Crippen molar-refractivity contribution in [3.05, 3.63) is 21.4 Å². The SMILES string of the molecule is Cc1scc(C(=O)N[C@H](C(=O)O)[C@@H]2CCCOC2)c1C. The largest absolute Gasteiger partial charge is 0.480 e. The Balaban J connectivity index is 2.09. The highest BCUT2D eigenvalue weighted by atomic mass is 32.1. The van der Waals surface area contributed by atoms with E-state index in [-0.39, 0.29) is 11.8 Å². The second kappa shape index (κ2) is 6.37. The second-order valence-electron chi connectivity index (χ2n) is 5.10. The topological polar surface area (TPSA) is 75.6 Å². The molecule has 110 valence electrons. The highest BCUT2D eigenvalue weighted by molar-refractivity contribution is 7.10. The zero-order chi connectivity index (χ0) is 14.7. The molecular formula is C14H19NO4S. The third-order valence-corrected chi connectivity index (χ3v) is 4.76. The van der Waals surface area contributed by atoms with Crippen molar-refractivity contribution in [2.45, 2.75) is 32.7 Å².